The van der Waals surface area contributed by atoms with Crippen LogP contribution in [-0.4, -0.2) is 48.2 Å². The van der Waals surface area contributed by atoms with Crippen LogP contribution in [0.25, 0.3) is 0 Å². The molecular weight excluding hydrogens is 204 g/mol. The normalized spacial score (nSPS) is 28.9. The molecule has 94 valence electrons. The molecule has 0 aliphatic carbocycles. The topological polar surface area (TPSA) is 52.6 Å². The molecule has 3 atom stereocenters. The fourth-order valence-electron chi connectivity index (χ4n) is 2.39. The van der Waals surface area contributed by atoms with Crippen molar-refractivity contribution in [3.63, 3.8) is 0 Å². The lowest BCUT2D eigenvalue weighted by Crippen LogP contribution is -2.49. The number of rotatable bonds is 5. The number of likely N-dealkylation sites (tertiary alicyclic amines) is 1. The number of nitrogens with zero attached hydrogens (tertiary/aromatic N) is 1. The van der Waals surface area contributed by atoms with E-state index in [9.17, 15) is 4.79 Å². The number of aliphatic carboxylic acids is 1. The van der Waals surface area contributed by atoms with E-state index in [-0.39, 0.29) is 6.42 Å². The van der Waals surface area contributed by atoms with Gasteiger partial charge >= 0.3 is 5.97 Å². The SMILES string of the molecule is CC(CCC(=O)O)NC1CCN(C)CC1C. The summed E-state index contributed by atoms with van der Waals surface area (Å²) in [5.74, 6) is -0.0592. The molecule has 4 nitrogen and oxygen atoms in total. The van der Waals surface area contributed by atoms with Gasteiger partial charge in [0.25, 0.3) is 0 Å². The molecule has 0 amide bonds. The minimum Gasteiger partial charge on any atom is -0.481 e. The van der Waals surface area contributed by atoms with E-state index in [0.717, 1.165) is 19.5 Å². The molecule has 1 fully saturated rings. The van der Waals surface area contributed by atoms with Crippen LogP contribution in [0.3, 0.4) is 0 Å². The summed E-state index contributed by atoms with van der Waals surface area (Å²) in [6, 6.07) is 0.840. The zero-order valence-corrected chi connectivity index (χ0v) is 10.6. The average Bonchev–Trinajstić information content (AvgIpc) is 2.19. The molecule has 0 saturated carbocycles. The fourth-order valence-corrected chi connectivity index (χ4v) is 2.39. The molecule has 0 spiro atoms. The molecule has 3 unspecified atom stereocenters. The van der Waals surface area contributed by atoms with Gasteiger partial charge in [0.1, 0.15) is 0 Å². The summed E-state index contributed by atoms with van der Waals surface area (Å²) in [5, 5.41) is 12.2. The van der Waals surface area contributed by atoms with Crippen LogP contribution in [0.2, 0.25) is 0 Å². The molecule has 1 saturated heterocycles. The maximum absolute atomic E-state index is 10.5. The minimum atomic E-state index is -0.704. The first kappa shape index (κ1) is 13.5. The van der Waals surface area contributed by atoms with E-state index in [0.29, 0.717) is 24.4 Å². The first-order valence-corrected chi connectivity index (χ1v) is 6.15. The highest BCUT2D eigenvalue weighted by Crippen LogP contribution is 2.16. The second-order valence-corrected chi connectivity index (χ2v) is 5.13. The first-order valence-electron chi connectivity index (χ1n) is 6.15. The minimum absolute atomic E-state index is 0.259. The van der Waals surface area contributed by atoms with Crippen molar-refractivity contribution in [1.29, 1.82) is 0 Å². The lowest BCUT2D eigenvalue weighted by atomic mass is 9.93. The van der Waals surface area contributed by atoms with Crippen LogP contribution in [0.4, 0.5) is 0 Å². The Morgan fingerprint density at radius 3 is 2.88 bits per heavy atom. The number of carbonyl (C=O) groups is 1. The van der Waals surface area contributed by atoms with Crippen LogP contribution in [0, 0.1) is 5.92 Å². The summed E-state index contributed by atoms with van der Waals surface area (Å²) in [7, 11) is 2.15. The highest BCUT2D eigenvalue weighted by atomic mass is 16.4. The van der Waals surface area contributed by atoms with E-state index in [1.54, 1.807) is 0 Å². The van der Waals surface area contributed by atoms with Crippen molar-refractivity contribution < 1.29 is 9.90 Å². The zero-order chi connectivity index (χ0) is 12.1. The summed E-state index contributed by atoms with van der Waals surface area (Å²) in [6.45, 7) is 6.60. The predicted octanol–water partition coefficient (Wildman–Crippen LogP) is 1.17. The monoisotopic (exact) mass is 228 g/mol. The van der Waals surface area contributed by atoms with Gasteiger partial charge in [-0.3, -0.25) is 4.79 Å². The predicted molar refractivity (Wildman–Crippen MR) is 64.5 cm³/mol. The molecule has 16 heavy (non-hydrogen) atoms. The van der Waals surface area contributed by atoms with Gasteiger partial charge < -0.3 is 15.3 Å². The molecule has 4 heteroatoms. The van der Waals surface area contributed by atoms with Gasteiger partial charge in [0.05, 0.1) is 0 Å². The number of nitrogens with one attached hydrogen (secondary N) is 1. The number of piperidine rings is 1. The molecule has 0 aromatic carbocycles. The molecule has 0 aromatic rings. The van der Waals surface area contributed by atoms with Gasteiger partial charge in [-0.05, 0) is 39.3 Å². The smallest absolute Gasteiger partial charge is 0.303 e. The lowest BCUT2D eigenvalue weighted by Gasteiger charge is -2.36. The van der Waals surface area contributed by atoms with Crippen LogP contribution >= 0.6 is 0 Å². The van der Waals surface area contributed by atoms with Crippen LogP contribution in [0.15, 0.2) is 0 Å². The Kier molecular flexibility index (Phi) is 5.22. The number of carboxylic acids is 1. The molecule has 1 aliphatic rings. The summed E-state index contributed by atoms with van der Waals surface area (Å²) in [5.41, 5.74) is 0. The Bertz CT molecular complexity index is 233. The first-order chi connectivity index (χ1) is 7.49. The Labute approximate surface area is 98.0 Å². The quantitative estimate of drug-likeness (QED) is 0.741. The van der Waals surface area contributed by atoms with E-state index in [1.807, 2.05) is 0 Å². The van der Waals surface area contributed by atoms with Crippen LogP contribution < -0.4 is 5.32 Å². The second-order valence-electron chi connectivity index (χ2n) is 5.13. The highest BCUT2D eigenvalue weighted by molar-refractivity contribution is 5.66. The molecule has 0 bridgehead atoms. The molecule has 1 heterocycles. The third kappa shape index (κ3) is 4.49. The molecule has 1 aliphatic heterocycles. The number of hydrogen-bond donors (Lipinski definition) is 2. The van der Waals surface area contributed by atoms with Gasteiger partial charge in [-0.2, -0.15) is 0 Å². The van der Waals surface area contributed by atoms with E-state index >= 15 is 0 Å². The highest BCUT2D eigenvalue weighted by Gasteiger charge is 2.24. The van der Waals surface area contributed by atoms with E-state index < -0.39 is 5.97 Å². The zero-order valence-electron chi connectivity index (χ0n) is 10.6. The fraction of sp³-hybridized carbons (Fsp3) is 0.917. The van der Waals surface area contributed by atoms with Crippen molar-refractivity contribution in [2.45, 2.75) is 45.2 Å². The van der Waals surface area contributed by atoms with Crippen molar-refractivity contribution in [1.82, 2.24) is 10.2 Å². The maximum Gasteiger partial charge on any atom is 0.303 e. The van der Waals surface area contributed by atoms with Crippen molar-refractivity contribution >= 4 is 5.97 Å². The second kappa shape index (κ2) is 6.21. The van der Waals surface area contributed by atoms with Gasteiger partial charge in [0.2, 0.25) is 0 Å². The third-order valence-electron chi connectivity index (χ3n) is 3.40. The number of hydrogen-bond acceptors (Lipinski definition) is 3. The Balaban J connectivity index is 2.27. The van der Waals surface area contributed by atoms with E-state index in [2.05, 4.69) is 31.1 Å². The van der Waals surface area contributed by atoms with Crippen molar-refractivity contribution in [2.75, 3.05) is 20.1 Å². The van der Waals surface area contributed by atoms with Crippen molar-refractivity contribution in [2.24, 2.45) is 5.92 Å². The number of carboxylic acid groups (broad SMARTS) is 1. The molecule has 1 rings (SSSR count). The summed E-state index contributed by atoms with van der Waals surface area (Å²) >= 11 is 0. The lowest BCUT2D eigenvalue weighted by molar-refractivity contribution is -0.137. The van der Waals surface area contributed by atoms with E-state index in [1.165, 1.54) is 0 Å². The van der Waals surface area contributed by atoms with Gasteiger partial charge in [-0.15, -0.1) is 0 Å². The Morgan fingerprint density at radius 2 is 2.31 bits per heavy atom. The summed E-state index contributed by atoms with van der Waals surface area (Å²) in [6.07, 6.45) is 2.14. The Morgan fingerprint density at radius 1 is 1.62 bits per heavy atom. The molecular formula is C12H24N2O2. The summed E-state index contributed by atoms with van der Waals surface area (Å²) in [4.78, 5) is 12.8. The van der Waals surface area contributed by atoms with Crippen molar-refractivity contribution in [3.05, 3.63) is 0 Å². The molecule has 0 radical (unpaired) electrons. The van der Waals surface area contributed by atoms with Crippen LogP contribution in [-0.2, 0) is 4.79 Å². The average molecular weight is 228 g/mol. The molecule has 0 aromatic heterocycles. The van der Waals surface area contributed by atoms with Gasteiger partial charge in [0, 0.05) is 25.0 Å². The Hall–Kier alpha value is -0.610. The standard InChI is InChI=1S/C12H24N2O2/c1-9-8-14(3)7-6-11(9)13-10(2)4-5-12(15)16/h9-11,13H,4-8H2,1-3H3,(H,15,16). The van der Waals surface area contributed by atoms with Gasteiger partial charge in [-0.1, -0.05) is 6.92 Å². The van der Waals surface area contributed by atoms with Gasteiger partial charge in [-0.25, -0.2) is 0 Å². The van der Waals surface area contributed by atoms with Crippen LogP contribution in [0.1, 0.15) is 33.1 Å². The van der Waals surface area contributed by atoms with Crippen molar-refractivity contribution in [3.8, 4) is 0 Å². The molecule has 2 N–H and O–H groups in total. The third-order valence-corrected chi connectivity index (χ3v) is 3.40. The maximum atomic E-state index is 10.5. The van der Waals surface area contributed by atoms with E-state index in [4.69, 9.17) is 5.11 Å². The van der Waals surface area contributed by atoms with Crippen LogP contribution in [0.5, 0.6) is 0 Å². The van der Waals surface area contributed by atoms with Gasteiger partial charge in [0.15, 0.2) is 0 Å². The largest absolute Gasteiger partial charge is 0.481 e. The summed E-state index contributed by atoms with van der Waals surface area (Å²) < 4.78 is 0.